The van der Waals surface area contributed by atoms with E-state index in [1.54, 1.807) is 36.2 Å². The first-order valence-corrected chi connectivity index (χ1v) is 21.8. The average Bonchev–Trinajstić information content (AvgIpc) is 3.30. The van der Waals surface area contributed by atoms with Crippen molar-refractivity contribution in [2.75, 3.05) is 43.4 Å². The third kappa shape index (κ3) is 11.6. The molecule has 1 aromatic heterocycles. The number of aromatic nitrogens is 1. The number of fused-ring (bicyclic) bond motifs is 1. The summed E-state index contributed by atoms with van der Waals surface area (Å²) < 4.78 is 5.80. The molecule has 2 atom stereocenters. The van der Waals surface area contributed by atoms with Gasteiger partial charge in [0.05, 0.1) is 17.3 Å². The third-order valence-corrected chi connectivity index (χ3v) is 11.8. The quantitative estimate of drug-likeness (QED) is 0.0577. The molecule has 1 saturated heterocycles. The highest BCUT2D eigenvalue weighted by atomic mass is 16.6. The lowest BCUT2D eigenvalue weighted by Gasteiger charge is -2.32. The van der Waals surface area contributed by atoms with Crippen molar-refractivity contribution < 1.29 is 29.3 Å². The summed E-state index contributed by atoms with van der Waals surface area (Å²) in [5.41, 5.74) is 7.18. The SMILES string of the molecule is Cc1ccc(C(=O)NCc2cccc(CC(C)NC[C@@H](O)c3ccc(O)c4[nH]c(=O)ccc34)c2)cc1N(C)C(=O)CCN1CCC(OC(=O)Nc2ccccc2-c2ccccc2)CC1. The molecule has 7 rings (SSSR count). The zero-order valence-electron chi connectivity index (χ0n) is 36.5. The second-order valence-electron chi connectivity index (χ2n) is 16.5. The number of para-hydroxylation sites is 1. The second kappa shape index (κ2) is 21.0. The molecule has 13 nitrogen and oxygen atoms in total. The smallest absolute Gasteiger partial charge is 0.411 e. The summed E-state index contributed by atoms with van der Waals surface area (Å²) in [7, 11) is 1.74. The van der Waals surface area contributed by atoms with Gasteiger partial charge in [-0.25, -0.2) is 4.79 Å². The molecule has 1 aliphatic rings. The van der Waals surface area contributed by atoms with Crippen LogP contribution in [0.25, 0.3) is 22.0 Å². The van der Waals surface area contributed by atoms with Crippen molar-refractivity contribution >= 4 is 40.2 Å². The van der Waals surface area contributed by atoms with Crippen LogP contribution >= 0.6 is 0 Å². The lowest BCUT2D eigenvalue weighted by molar-refractivity contribution is -0.118. The fourth-order valence-electron chi connectivity index (χ4n) is 8.22. The minimum Gasteiger partial charge on any atom is -0.506 e. The van der Waals surface area contributed by atoms with E-state index in [2.05, 4.69) is 25.8 Å². The third-order valence-electron chi connectivity index (χ3n) is 11.8. The second-order valence-corrected chi connectivity index (χ2v) is 16.5. The van der Waals surface area contributed by atoms with Crippen molar-refractivity contribution in [3.63, 3.8) is 0 Å². The van der Waals surface area contributed by atoms with Crippen molar-refractivity contribution in [2.45, 2.75) is 64.3 Å². The number of aromatic hydroxyl groups is 1. The van der Waals surface area contributed by atoms with Crippen molar-refractivity contribution in [2.24, 2.45) is 0 Å². The van der Waals surface area contributed by atoms with Crippen LogP contribution in [-0.2, 0) is 22.5 Å². The molecule has 5 aromatic carbocycles. The standard InChI is InChI=1S/C51H56N6O7/c1-33-16-17-38(50(62)53-31-36-11-9-10-35(29-36)28-34(2)52-32-46(59)41-18-20-45(58)49-42(41)19-21-47(60)55-49)30-44(33)56(3)48(61)24-27-57-25-22-39(23-26-57)64-51(63)54-43-15-8-7-14-40(43)37-12-5-4-6-13-37/h4-21,29-30,34,39,46,52,58-59H,22-28,31-32H2,1-3H3,(H,53,62)(H,54,63)(H,55,60)/t34?,46-/m1/s1. The Hall–Kier alpha value is -6.80. The highest BCUT2D eigenvalue weighted by Gasteiger charge is 2.24. The molecule has 0 saturated carbocycles. The van der Waals surface area contributed by atoms with Gasteiger partial charge in [0.2, 0.25) is 11.5 Å². The van der Waals surface area contributed by atoms with Crippen LogP contribution in [0.3, 0.4) is 0 Å². The monoisotopic (exact) mass is 864 g/mol. The maximum Gasteiger partial charge on any atom is 0.411 e. The molecule has 13 heteroatoms. The molecule has 6 N–H and O–H groups in total. The van der Waals surface area contributed by atoms with E-state index >= 15 is 0 Å². The first-order valence-electron chi connectivity index (χ1n) is 21.8. The van der Waals surface area contributed by atoms with Crippen molar-refractivity contribution in [1.82, 2.24) is 20.5 Å². The average molecular weight is 865 g/mol. The predicted octanol–water partition coefficient (Wildman–Crippen LogP) is 7.46. The Morgan fingerprint density at radius 1 is 0.891 bits per heavy atom. The van der Waals surface area contributed by atoms with E-state index in [0.717, 1.165) is 27.8 Å². The van der Waals surface area contributed by atoms with Gasteiger partial charge in [-0.05, 0) is 91.3 Å². The summed E-state index contributed by atoms with van der Waals surface area (Å²) in [6, 6.07) is 37.0. The van der Waals surface area contributed by atoms with Crippen molar-refractivity contribution in [3.05, 3.63) is 159 Å². The lowest BCUT2D eigenvalue weighted by atomic mass is 10.0. The summed E-state index contributed by atoms with van der Waals surface area (Å²) in [6.45, 7) is 6.51. The molecule has 1 fully saturated rings. The maximum atomic E-state index is 13.4. The molecule has 332 valence electrons. The fraction of sp³-hybridized carbons (Fsp3) is 0.294. The number of aliphatic hydroxyl groups excluding tert-OH is 1. The predicted molar refractivity (Wildman–Crippen MR) is 251 cm³/mol. The number of piperidine rings is 1. The number of H-pyrrole nitrogens is 1. The van der Waals surface area contributed by atoms with Gasteiger partial charge in [0.1, 0.15) is 11.9 Å². The molecular weight excluding hydrogens is 809 g/mol. The van der Waals surface area contributed by atoms with E-state index < -0.39 is 12.2 Å². The van der Waals surface area contributed by atoms with Crippen LogP contribution in [0.4, 0.5) is 16.2 Å². The summed E-state index contributed by atoms with van der Waals surface area (Å²) in [4.78, 5) is 58.0. The van der Waals surface area contributed by atoms with Gasteiger partial charge >= 0.3 is 6.09 Å². The topological polar surface area (TPSA) is 176 Å². The number of carbonyl (C=O) groups is 3. The van der Waals surface area contributed by atoms with Gasteiger partial charge in [0.15, 0.2) is 0 Å². The van der Waals surface area contributed by atoms with Crippen molar-refractivity contribution in [1.29, 1.82) is 0 Å². The number of nitrogens with zero attached hydrogens (tertiary/aromatic N) is 2. The Morgan fingerprint density at radius 2 is 1.64 bits per heavy atom. The van der Waals surface area contributed by atoms with Gasteiger partial charge in [-0.1, -0.05) is 84.9 Å². The zero-order chi connectivity index (χ0) is 45.2. The van der Waals surface area contributed by atoms with Crippen LogP contribution in [0, 0.1) is 6.92 Å². The number of anilines is 2. The first kappa shape index (κ1) is 45.2. The summed E-state index contributed by atoms with van der Waals surface area (Å²) in [5, 5.41) is 31.1. The summed E-state index contributed by atoms with van der Waals surface area (Å²) >= 11 is 0. The highest BCUT2D eigenvalue weighted by Crippen LogP contribution is 2.30. The number of rotatable bonds is 16. The van der Waals surface area contributed by atoms with Gasteiger partial charge in [-0.3, -0.25) is 19.7 Å². The molecule has 2 heterocycles. The van der Waals surface area contributed by atoms with Crippen LogP contribution in [0.1, 0.15) is 64.9 Å². The lowest BCUT2D eigenvalue weighted by Crippen LogP contribution is -2.40. The van der Waals surface area contributed by atoms with E-state index in [0.29, 0.717) is 85.3 Å². The largest absolute Gasteiger partial charge is 0.506 e. The van der Waals surface area contributed by atoms with Gasteiger partial charge in [-0.15, -0.1) is 0 Å². The number of amides is 3. The Balaban J connectivity index is 0.842. The van der Waals surface area contributed by atoms with Crippen LogP contribution < -0.4 is 26.4 Å². The number of benzene rings is 5. The van der Waals surface area contributed by atoms with Crippen molar-refractivity contribution in [3.8, 4) is 16.9 Å². The highest BCUT2D eigenvalue weighted by molar-refractivity contribution is 5.98. The van der Waals surface area contributed by atoms with E-state index in [9.17, 15) is 29.4 Å². The van der Waals surface area contributed by atoms with E-state index in [1.807, 2.05) is 98.8 Å². The Morgan fingerprint density at radius 3 is 2.44 bits per heavy atom. The van der Waals surface area contributed by atoms with Gasteiger partial charge < -0.3 is 40.4 Å². The first-order chi connectivity index (χ1) is 30.9. The number of pyridine rings is 1. The number of phenolic OH excluding ortho intramolecular Hbond substituents is 1. The minimum atomic E-state index is -0.868. The number of phenols is 1. The van der Waals surface area contributed by atoms with E-state index in [-0.39, 0.29) is 41.8 Å². The molecule has 1 unspecified atom stereocenters. The number of likely N-dealkylation sites (tertiary alicyclic amines) is 1. The number of aryl methyl sites for hydroxylation is 1. The maximum absolute atomic E-state index is 13.4. The number of nitrogens with one attached hydrogen (secondary N) is 4. The number of carbonyl (C=O) groups excluding carboxylic acids is 3. The van der Waals surface area contributed by atoms with E-state index in [4.69, 9.17) is 4.74 Å². The number of hydrogen-bond acceptors (Lipinski definition) is 9. The molecule has 64 heavy (non-hydrogen) atoms. The van der Waals surface area contributed by atoms with Gasteiger partial charge in [0.25, 0.3) is 5.91 Å². The molecule has 3 amide bonds. The van der Waals surface area contributed by atoms with Crippen LogP contribution in [0.2, 0.25) is 0 Å². The number of aromatic amines is 1. The minimum absolute atomic E-state index is 0.00951. The number of hydrogen-bond donors (Lipinski definition) is 6. The summed E-state index contributed by atoms with van der Waals surface area (Å²) in [5.74, 6) is -0.363. The Labute approximate surface area is 373 Å². The molecule has 0 bridgehead atoms. The van der Waals surface area contributed by atoms with E-state index in [1.165, 1.54) is 12.1 Å². The number of aliphatic hydroxyl groups is 1. The normalized spacial score (nSPS) is 14.1. The Bertz CT molecular complexity index is 2640. The van der Waals surface area contributed by atoms with Crippen LogP contribution in [0.5, 0.6) is 5.75 Å². The van der Waals surface area contributed by atoms with Crippen LogP contribution in [0.15, 0.2) is 126 Å². The van der Waals surface area contributed by atoms with Crippen LogP contribution in [-0.4, -0.2) is 83.4 Å². The molecule has 0 spiro atoms. The molecule has 0 aliphatic carbocycles. The molecule has 1 aliphatic heterocycles. The number of ether oxygens (including phenoxy) is 1. The van der Waals surface area contributed by atoms with Gasteiger partial charge in [-0.2, -0.15) is 0 Å². The summed E-state index contributed by atoms with van der Waals surface area (Å²) in [6.07, 6.45) is 0.767. The fourth-order valence-corrected chi connectivity index (χ4v) is 8.22. The molecule has 0 radical (unpaired) electrons. The molecule has 6 aromatic rings. The zero-order valence-corrected chi connectivity index (χ0v) is 36.5. The Kier molecular flexibility index (Phi) is 14.9. The van der Waals surface area contributed by atoms with Gasteiger partial charge in [0, 0.05) is 80.5 Å². The molecular formula is C51H56N6O7.